The number of nitrogens with one attached hydrogen (secondary N) is 2. The zero-order valence-corrected chi connectivity index (χ0v) is 29.1. The van der Waals surface area contributed by atoms with Crippen LogP contribution in [0.15, 0.2) is 53.6 Å². The molecular weight excluding hydrogens is 602 g/mol. The molecule has 3 aliphatic rings. The van der Waals surface area contributed by atoms with E-state index in [0.29, 0.717) is 16.9 Å². The average Bonchev–Trinajstić information content (AvgIpc) is 2.93. The highest BCUT2D eigenvalue weighted by Gasteiger charge is 2.20. The Balaban J connectivity index is 0.000000499. The number of thioether (sulfide) groups is 1. The Bertz CT molecular complexity index is 1390. The molecule has 0 unspecified atom stereocenters. The van der Waals surface area contributed by atoms with Gasteiger partial charge in [0, 0.05) is 16.7 Å². The van der Waals surface area contributed by atoms with Gasteiger partial charge < -0.3 is 15.4 Å². The van der Waals surface area contributed by atoms with E-state index in [1.54, 1.807) is 11.8 Å². The van der Waals surface area contributed by atoms with Crippen LogP contribution in [0.5, 0.6) is 5.75 Å². The number of halogens is 1. The second-order valence-electron chi connectivity index (χ2n) is 12.3. The van der Waals surface area contributed by atoms with Crippen LogP contribution in [-0.4, -0.2) is 39.6 Å². The Labute approximate surface area is 279 Å². The van der Waals surface area contributed by atoms with Crippen LogP contribution < -0.4 is 20.4 Å². The molecule has 3 aromatic rings. The van der Waals surface area contributed by atoms with E-state index in [0.717, 1.165) is 46.5 Å². The standard InChI is InChI=1S/C28H34ClN5O2S.2C4H8/c1-17(2)36-25-15-21(20-10-12-30-13-11-20)19(5)14-23(25)32-28-31-16-22(29)27(33-28)34(35)24-8-6-7-9-26(24)37-18(3)4;2*1-2-4-3-1/h6-10,14-18,30,35H,11-13H2,1-5H3,(H,31,32,33);2*1-4H2. The number of ether oxygens (including phenoxy) is 1. The van der Waals surface area contributed by atoms with Crippen molar-refractivity contribution in [3.8, 4) is 5.75 Å². The summed E-state index contributed by atoms with van der Waals surface area (Å²) in [4.78, 5) is 9.86. The van der Waals surface area contributed by atoms with Gasteiger partial charge in [-0.15, -0.1) is 11.8 Å². The molecule has 0 bridgehead atoms. The number of aryl methyl sites for hydroxylation is 1. The lowest BCUT2D eigenvalue weighted by Gasteiger charge is -2.22. The second kappa shape index (κ2) is 17.8. The van der Waals surface area contributed by atoms with Gasteiger partial charge in [0.1, 0.15) is 10.8 Å². The number of hydrogen-bond donors (Lipinski definition) is 3. The Morgan fingerprint density at radius 1 is 1.00 bits per heavy atom. The van der Waals surface area contributed by atoms with Crippen LogP contribution in [0.25, 0.3) is 5.57 Å². The third kappa shape index (κ3) is 10.6. The number of para-hydroxylation sites is 1. The van der Waals surface area contributed by atoms with Crippen molar-refractivity contribution < 1.29 is 9.94 Å². The van der Waals surface area contributed by atoms with Gasteiger partial charge in [0.15, 0.2) is 5.82 Å². The molecule has 2 heterocycles. The van der Waals surface area contributed by atoms with Gasteiger partial charge in [-0.2, -0.15) is 4.98 Å². The summed E-state index contributed by atoms with van der Waals surface area (Å²) in [6, 6.07) is 11.8. The maximum atomic E-state index is 11.1. The Kier molecular flexibility index (Phi) is 13.9. The first-order valence-corrected chi connectivity index (χ1v) is 17.7. The van der Waals surface area contributed by atoms with E-state index in [-0.39, 0.29) is 16.9 Å². The van der Waals surface area contributed by atoms with E-state index in [2.05, 4.69) is 59.6 Å². The third-order valence-electron chi connectivity index (χ3n) is 7.73. The van der Waals surface area contributed by atoms with Crippen LogP contribution in [0.3, 0.4) is 0 Å². The fourth-order valence-electron chi connectivity index (χ4n) is 4.64. The van der Waals surface area contributed by atoms with Crippen LogP contribution in [-0.2, 0) is 0 Å². The lowest BCUT2D eigenvalue weighted by Crippen LogP contribution is -2.20. The summed E-state index contributed by atoms with van der Waals surface area (Å²) in [5, 5.41) is 19.4. The second-order valence-corrected chi connectivity index (χ2v) is 14.3. The molecule has 0 saturated heterocycles. The van der Waals surface area contributed by atoms with E-state index in [1.165, 1.54) is 68.7 Å². The molecule has 7 nitrogen and oxygen atoms in total. The van der Waals surface area contributed by atoms with Gasteiger partial charge in [0.2, 0.25) is 5.95 Å². The molecule has 0 spiro atoms. The highest BCUT2D eigenvalue weighted by molar-refractivity contribution is 8.00. The maximum Gasteiger partial charge on any atom is 0.229 e. The van der Waals surface area contributed by atoms with E-state index in [9.17, 15) is 5.21 Å². The van der Waals surface area contributed by atoms with Crippen molar-refractivity contribution in [3.63, 3.8) is 0 Å². The number of hydrogen-bond acceptors (Lipinski definition) is 8. The van der Waals surface area contributed by atoms with Crippen molar-refractivity contribution in [3.05, 3.63) is 64.8 Å². The molecule has 0 radical (unpaired) electrons. The van der Waals surface area contributed by atoms with Gasteiger partial charge in [-0.1, -0.05) is 95.0 Å². The summed E-state index contributed by atoms with van der Waals surface area (Å²) in [6.07, 6.45) is 16.7. The van der Waals surface area contributed by atoms with Gasteiger partial charge in [-0.3, -0.25) is 5.21 Å². The quantitative estimate of drug-likeness (QED) is 0.156. The zero-order valence-electron chi connectivity index (χ0n) is 27.5. The first-order chi connectivity index (χ1) is 21.7. The zero-order chi connectivity index (χ0) is 32.2. The molecule has 0 amide bonds. The Morgan fingerprint density at radius 3 is 2.24 bits per heavy atom. The molecule has 2 aromatic carbocycles. The number of nitrogens with zero attached hydrogens (tertiary/aromatic N) is 3. The molecule has 3 N–H and O–H groups in total. The molecule has 45 heavy (non-hydrogen) atoms. The Morgan fingerprint density at radius 2 is 1.67 bits per heavy atom. The summed E-state index contributed by atoms with van der Waals surface area (Å²) >= 11 is 8.09. The minimum atomic E-state index is -0.0114. The Hall–Kier alpha value is -2.78. The van der Waals surface area contributed by atoms with E-state index in [1.807, 2.05) is 38.1 Å². The van der Waals surface area contributed by atoms with Crippen molar-refractivity contribution >= 4 is 52.1 Å². The van der Waals surface area contributed by atoms with E-state index >= 15 is 0 Å². The lowest BCUT2D eigenvalue weighted by atomic mass is 9.95. The summed E-state index contributed by atoms with van der Waals surface area (Å²) in [7, 11) is 0. The van der Waals surface area contributed by atoms with Crippen LogP contribution in [0.4, 0.5) is 23.1 Å². The predicted molar refractivity (Wildman–Crippen MR) is 191 cm³/mol. The monoisotopic (exact) mass is 651 g/mol. The fourth-order valence-corrected chi connectivity index (χ4v) is 5.75. The molecule has 1 aliphatic heterocycles. The maximum absolute atomic E-state index is 11.1. The largest absolute Gasteiger partial charge is 0.489 e. The van der Waals surface area contributed by atoms with Crippen molar-refractivity contribution in [1.29, 1.82) is 0 Å². The van der Waals surface area contributed by atoms with Crippen LogP contribution in [0.2, 0.25) is 5.02 Å². The molecule has 9 heteroatoms. The van der Waals surface area contributed by atoms with Crippen molar-refractivity contribution in [2.45, 2.75) is 109 Å². The first kappa shape index (κ1) is 35.1. The topological polar surface area (TPSA) is 82.5 Å². The van der Waals surface area contributed by atoms with Crippen molar-refractivity contribution in [2.75, 3.05) is 23.5 Å². The van der Waals surface area contributed by atoms with Gasteiger partial charge in [-0.25, -0.2) is 10.0 Å². The summed E-state index contributed by atoms with van der Waals surface area (Å²) in [5.41, 5.74) is 4.98. The molecule has 2 aliphatic carbocycles. The highest BCUT2D eigenvalue weighted by atomic mass is 35.5. The third-order valence-corrected chi connectivity index (χ3v) is 9.07. The molecular formula is C36H50ClN5O2S. The highest BCUT2D eigenvalue weighted by Crippen LogP contribution is 2.39. The first-order valence-electron chi connectivity index (χ1n) is 16.5. The smallest absolute Gasteiger partial charge is 0.229 e. The number of anilines is 4. The van der Waals surface area contributed by atoms with Gasteiger partial charge in [0.25, 0.3) is 0 Å². The predicted octanol–water partition coefficient (Wildman–Crippen LogP) is 10.5. The van der Waals surface area contributed by atoms with Gasteiger partial charge in [0.05, 0.1) is 23.7 Å². The van der Waals surface area contributed by atoms with Gasteiger partial charge >= 0.3 is 0 Å². The average molecular weight is 652 g/mol. The SMILES string of the molecule is C1CCC1.C1CCC1.Cc1cc(Nc2ncc(Cl)c(N(O)c3ccccc3SC(C)C)n2)c(OC(C)C)cc1C1=CCNCC1. The molecule has 2 saturated carbocycles. The lowest BCUT2D eigenvalue weighted by molar-refractivity contribution is 0.243. The molecule has 1 aromatic heterocycles. The van der Waals surface area contributed by atoms with Gasteiger partial charge in [-0.05, 0) is 74.7 Å². The summed E-state index contributed by atoms with van der Waals surface area (Å²) in [5.74, 6) is 1.21. The van der Waals surface area contributed by atoms with Crippen LogP contribution in [0, 0.1) is 6.92 Å². The molecule has 2 fully saturated rings. The summed E-state index contributed by atoms with van der Waals surface area (Å²) < 4.78 is 6.18. The minimum Gasteiger partial charge on any atom is -0.489 e. The van der Waals surface area contributed by atoms with Crippen molar-refractivity contribution in [2.24, 2.45) is 0 Å². The normalized spacial score (nSPS) is 15.4. The van der Waals surface area contributed by atoms with Crippen molar-refractivity contribution in [1.82, 2.24) is 15.3 Å². The van der Waals surface area contributed by atoms with E-state index in [4.69, 9.17) is 16.3 Å². The number of rotatable bonds is 9. The number of benzene rings is 2. The summed E-state index contributed by atoms with van der Waals surface area (Å²) in [6.45, 7) is 12.1. The fraction of sp³-hybridized carbons (Fsp3) is 0.500. The van der Waals surface area contributed by atoms with Crippen LogP contribution >= 0.6 is 23.4 Å². The molecule has 6 rings (SSSR count). The van der Waals surface area contributed by atoms with Crippen LogP contribution in [0.1, 0.15) is 96.6 Å². The molecule has 0 atom stereocenters. The minimum absolute atomic E-state index is 0.0114. The van der Waals surface area contributed by atoms with E-state index < -0.39 is 0 Å². The molecule has 244 valence electrons. The number of aromatic nitrogens is 2.